The Morgan fingerprint density at radius 2 is 1.94 bits per heavy atom. The van der Waals surface area contributed by atoms with Crippen LogP contribution in [0, 0.1) is 0 Å². The lowest BCUT2D eigenvalue weighted by Gasteiger charge is -2.15. The summed E-state index contributed by atoms with van der Waals surface area (Å²) in [4.78, 5) is 22.2. The second kappa shape index (κ2) is 6.47. The fourth-order valence-corrected chi connectivity index (χ4v) is 1.73. The van der Waals surface area contributed by atoms with Gasteiger partial charge in [-0.3, -0.25) is 4.79 Å². The molecule has 0 unspecified atom stereocenters. The number of ether oxygens (including phenoxy) is 1. The molecule has 7 heteroatoms. The minimum absolute atomic E-state index is 0.0250. The van der Waals surface area contributed by atoms with E-state index in [1.165, 1.54) is 6.92 Å². The first-order valence-corrected chi connectivity index (χ1v) is 6.93. The van der Waals surface area contributed by atoms with Crippen LogP contribution < -0.4 is 5.32 Å². The maximum absolute atomic E-state index is 11.4. The van der Waals surface area contributed by atoms with Gasteiger partial charge in [-0.1, -0.05) is 0 Å². The standard InChI is InChI=1S/C9H17NO5S/c1-4-15-9(12)8(10-7(2)11)5-6-16(3,13)14/h8H,4-6H2,1-3H3,(H,10,11)/t8-/m1/s1. The van der Waals surface area contributed by atoms with Gasteiger partial charge in [-0.2, -0.15) is 0 Å². The van der Waals surface area contributed by atoms with Gasteiger partial charge >= 0.3 is 5.97 Å². The van der Waals surface area contributed by atoms with Crippen molar-refractivity contribution in [2.24, 2.45) is 0 Å². The molecule has 0 aliphatic carbocycles. The van der Waals surface area contributed by atoms with Crippen molar-refractivity contribution in [2.45, 2.75) is 26.3 Å². The lowest BCUT2D eigenvalue weighted by atomic mass is 10.2. The number of esters is 1. The SMILES string of the molecule is CCOC(=O)[C@@H](CCS(C)(=O)=O)NC(C)=O. The average molecular weight is 251 g/mol. The van der Waals surface area contributed by atoms with E-state index >= 15 is 0 Å². The maximum atomic E-state index is 11.4. The van der Waals surface area contributed by atoms with Gasteiger partial charge in [0, 0.05) is 13.2 Å². The Morgan fingerprint density at radius 1 is 1.38 bits per heavy atom. The van der Waals surface area contributed by atoms with Gasteiger partial charge in [0.15, 0.2) is 0 Å². The molecule has 0 aromatic heterocycles. The number of nitrogens with one attached hydrogen (secondary N) is 1. The van der Waals surface area contributed by atoms with Gasteiger partial charge in [0.05, 0.1) is 12.4 Å². The zero-order valence-electron chi connectivity index (χ0n) is 9.65. The van der Waals surface area contributed by atoms with E-state index in [2.05, 4.69) is 5.32 Å². The number of hydrogen-bond donors (Lipinski definition) is 1. The lowest BCUT2D eigenvalue weighted by Crippen LogP contribution is -2.41. The largest absolute Gasteiger partial charge is 0.464 e. The van der Waals surface area contributed by atoms with Crippen molar-refractivity contribution in [2.75, 3.05) is 18.6 Å². The fourth-order valence-electron chi connectivity index (χ4n) is 1.07. The van der Waals surface area contributed by atoms with Crippen LogP contribution in [-0.4, -0.2) is 45.0 Å². The summed E-state index contributed by atoms with van der Waals surface area (Å²) in [5.74, 6) is -1.18. The number of amides is 1. The molecule has 0 aromatic rings. The van der Waals surface area contributed by atoms with Crippen molar-refractivity contribution in [1.82, 2.24) is 5.32 Å². The average Bonchev–Trinajstić information content (AvgIpc) is 2.10. The Kier molecular flexibility index (Phi) is 6.02. The fraction of sp³-hybridized carbons (Fsp3) is 0.778. The topological polar surface area (TPSA) is 89.5 Å². The molecule has 0 aliphatic rings. The van der Waals surface area contributed by atoms with Gasteiger partial charge in [0.2, 0.25) is 5.91 Å². The Labute approximate surface area is 95.3 Å². The number of rotatable bonds is 6. The Balaban J connectivity index is 4.43. The summed E-state index contributed by atoms with van der Waals surface area (Å²) in [6, 6.07) is -0.896. The summed E-state index contributed by atoms with van der Waals surface area (Å²) in [5, 5.41) is 2.36. The van der Waals surface area contributed by atoms with Crippen LogP contribution in [0.5, 0.6) is 0 Å². The molecule has 0 bridgehead atoms. The molecule has 0 saturated carbocycles. The lowest BCUT2D eigenvalue weighted by molar-refractivity contribution is -0.147. The van der Waals surface area contributed by atoms with E-state index in [0.717, 1.165) is 6.26 Å². The van der Waals surface area contributed by atoms with Gasteiger partial charge in [-0.25, -0.2) is 13.2 Å². The molecule has 1 amide bonds. The zero-order valence-corrected chi connectivity index (χ0v) is 10.5. The third-order valence-corrected chi connectivity index (χ3v) is 2.70. The van der Waals surface area contributed by atoms with Crippen molar-refractivity contribution < 1.29 is 22.7 Å². The van der Waals surface area contributed by atoms with Gasteiger partial charge in [-0.05, 0) is 13.3 Å². The first-order chi connectivity index (χ1) is 7.26. The van der Waals surface area contributed by atoms with Crippen molar-refractivity contribution in [3.05, 3.63) is 0 Å². The minimum Gasteiger partial charge on any atom is -0.464 e. The van der Waals surface area contributed by atoms with Crippen LogP contribution in [0.2, 0.25) is 0 Å². The second-order valence-corrected chi connectivity index (χ2v) is 5.68. The molecule has 0 rings (SSSR count). The molecule has 16 heavy (non-hydrogen) atoms. The predicted molar refractivity (Wildman–Crippen MR) is 58.6 cm³/mol. The Morgan fingerprint density at radius 3 is 2.31 bits per heavy atom. The highest BCUT2D eigenvalue weighted by Gasteiger charge is 2.22. The molecule has 0 spiro atoms. The molecule has 0 radical (unpaired) electrons. The molecule has 1 atom stereocenters. The van der Waals surface area contributed by atoms with E-state index in [4.69, 9.17) is 4.74 Å². The zero-order chi connectivity index (χ0) is 12.8. The highest BCUT2D eigenvalue weighted by atomic mass is 32.2. The molecule has 0 aliphatic heterocycles. The number of carbonyl (C=O) groups is 2. The van der Waals surface area contributed by atoms with Gasteiger partial charge in [-0.15, -0.1) is 0 Å². The van der Waals surface area contributed by atoms with E-state index in [1.807, 2.05) is 0 Å². The molecule has 94 valence electrons. The molecular formula is C9H17NO5S. The Hall–Kier alpha value is -1.11. The summed E-state index contributed by atoms with van der Waals surface area (Å²) < 4.78 is 26.6. The van der Waals surface area contributed by atoms with Crippen molar-refractivity contribution in [3.8, 4) is 0 Å². The summed E-state index contributed by atoms with van der Waals surface area (Å²) >= 11 is 0. The maximum Gasteiger partial charge on any atom is 0.328 e. The van der Waals surface area contributed by atoms with Crippen molar-refractivity contribution in [3.63, 3.8) is 0 Å². The molecule has 0 heterocycles. The molecule has 6 nitrogen and oxygen atoms in total. The van der Waals surface area contributed by atoms with E-state index in [-0.39, 0.29) is 18.8 Å². The third-order valence-electron chi connectivity index (χ3n) is 1.73. The van der Waals surface area contributed by atoms with Crippen molar-refractivity contribution >= 4 is 21.7 Å². The van der Waals surface area contributed by atoms with Crippen LogP contribution in [-0.2, 0) is 24.2 Å². The quantitative estimate of drug-likeness (QED) is 0.642. The van der Waals surface area contributed by atoms with Crippen LogP contribution >= 0.6 is 0 Å². The summed E-state index contributed by atoms with van der Waals surface area (Å²) in [6.07, 6.45) is 1.10. The molecule has 0 saturated heterocycles. The number of sulfone groups is 1. The van der Waals surface area contributed by atoms with E-state index < -0.39 is 27.8 Å². The second-order valence-electron chi connectivity index (χ2n) is 3.42. The first kappa shape index (κ1) is 14.9. The van der Waals surface area contributed by atoms with Gasteiger partial charge in [0.1, 0.15) is 15.9 Å². The molecular weight excluding hydrogens is 234 g/mol. The first-order valence-electron chi connectivity index (χ1n) is 4.87. The summed E-state index contributed by atoms with van der Waals surface area (Å²) in [7, 11) is -3.16. The van der Waals surface area contributed by atoms with E-state index in [9.17, 15) is 18.0 Å². The number of carbonyl (C=O) groups excluding carboxylic acids is 2. The van der Waals surface area contributed by atoms with Crippen molar-refractivity contribution in [1.29, 1.82) is 0 Å². The van der Waals surface area contributed by atoms with E-state index in [1.54, 1.807) is 6.92 Å². The van der Waals surface area contributed by atoms with Crippen LogP contribution in [0.3, 0.4) is 0 Å². The highest BCUT2D eigenvalue weighted by molar-refractivity contribution is 7.90. The van der Waals surface area contributed by atoms with Crippen LogP contribution in [0.4, 0.5) is 0 Å². The number of hydrogen-bond acceptors (Lipinski definition) is 5. The minimum atomic E-state index is -3.16. The monoisotopic (exact) mass is 251 g/mol. The normalized spacial score (nSPS) is 12.9. The van der Waals surface area contributed by atoms with Crippen LogP contribution in [0.25, 0.3) is 0 Å². The molecule has 0 fully saturated rings. The third kappa shape index (κ3) is 7.22. The highest BCUT2D eigenvalue weighted by Crippen LogP contribution is 1.99. The summed E-state index contributed by atoms with van der Waals surface area (Å²) in [5.41, 5.74) is 0. The van der Waals surface area contributed by atoms with Gasteiger partial charge in [0.25, 0.3) is 0 Å². The van der Waals surface area contributed by atoms with Crippen LogP contribution in [0.15, 0.2) is 0 Å². The van der Waals surface area contributed by atoms with Gasteiger partial charge < -0.3 is 10.1 Å². The van der Waals surface area contributed by atoms with Crippen LogP contribution in [0.1, 0.15) is 20.3 Å². The molecule has 0 aromatic carbocycles. The predicted octanol–water partition coefficient (Wildman–Crippen LogP) is -0.511. The van der Waals surface area contributed by atoms with E-state index in [0.29, 0.717) is 0 Å². The molecule has 1 N–H and O–H groups in total. The summed E-state index contributed by atoms with van der Waals surface area (Å²) in [6.45, 7) is 3.08. The smallest absolute Gasteiger partial charge is 0.328 e. The Bertz CT molecular complexity index is 349.